The van der Waals surface area contributed by atoms with E-state index in [-0.39, 0.29) is 0 Å². The number of anilines is 2. The van der Waals surface area contributed by atoms with Gasteiger partial charge in [-0.1, -0.05) is 6.92 Å². The summed E-state index contributed by atoms with van der Waals surface area (Å²) in [5.74, 6) is 7.60. The zero-order chi connectivity index (χ0) is 20.9. The van der Waals surface area contributed by atoms with Crippen LogP contribution in [0.2, 0.25) is 0 Å². The van der Waals surface area contributed by atoms with Crippen LogP contribution in [0.4, 0.5) is 11.6 Å². The van der Waals surface area contributed by atoms with Crippen molar-refractivity contribution >= 4 is 29.3 Å². The molecule has 1 atom stereocenters. The highest BCUT2D eigenvalue weighted by Gasteiger charge is 2.27. The zero-order valence-electron chi connectivity index (χ0n) is 16.9. The van der Waals surface area contributed by atoms with Gasteiger partial charge in [-0.05, 0) is 42.7 Å². The first-order chi connectivity index (χ1) is 14.7. The normalized spacial score (nSPS) is 15.9. The van der Waals surface area contributed by atoms with Crippen LogP contribution in [0.25, 0.3) is 0 Å². The van der Waals surface area contributed by atoms with Gasteiger partial charge in [-0.25, -0.2) is 20.8 Å². The number of thiazole rings is 1. The zero-order valence-corrected chi connectivity index (χ0v) is 17.7. The number of aromatic nitrogens is 3. The van der Waals surface area contributed by atoms with Crippen molar-refractivity contribution in [2.45, 2.75) is 32.3 Å². The minimum absolute atomic E-state index is 0.397. The monoisotopic (exact) mass is 423 g/mol. The number of aryl methyl sites for hydroxylation is 1. The summed E-state index contributed by atoms with van der Waals surface area (Å²) in [7, 11) is 0. The van der Waals surface area contributed by atoms with Crippen LogP contribution in [0, 0.1) is 5.41 Å². The number of hydrogen-bond acceptors (Lipinski definition) is 8. The van der Waals surface area contributed by atoms with Crippen molar-refractivity contribution in [3.8, 4) is 5.75 Å². The van der Waals surface area contributed by atoms with E-state index in [1.807, 2.05) is 36.7 Å². The Labute approximate surface area is 179 Å². The van der Waals surface area contributed by atoms with Gasteiger partial charge in [0.05, 0.1) is 16.4 Å². The largest absolute Gasteiger partial charge is 0.487 e. The molecule has 1 saturated heterocycles. The molecule has 3 heterocycles. The maximum absolute atomic E-state index is 7.17. The van der Waals surface area contributed by atoms with Crippen molar-refractivity contribution in [3.05, 3.63) is 58.3 Å². The molecule has 3 aromatic rings. The van der Waals surface area contributed by atoms with E-state index in [1.54, 1.807) is 11.3 Å². The van der Waals surface area contributed by atoms with Crippen molar-refractivity contribution in [2.24, 2.45) is 5.84 Å². The molecule has 1 aromatic carbocycles. The van der Waals surface area contributed by atoms with E-state index in [1.165, 1.54) is 5.01 Å². The van der Waals surface area contributed by atoms with E-state index in [0.717, 1.165) is 65.9 Å². The average Bonchev–Trinajstić information content (AvgIpc) is 3.47. The van der Waals surface area contributed by atoms with Gasteiger partial charge in [0, 0.05) is 36.8 Å². The molecule has 2 aromatic heterocycles. The summed E-state index contributed by atoms with van der Waals surface area (Å²) >= 11 is 1.69. The van der Waals surface area contributed by atoms with Gasteiger partial charge in [-0.2, -0.15) is 0 Å². The Morgan fingerprint density at radius 2 is 2.07 bits per heavy atom. The average molecular weight is 424 g/mol. The summed E-state index contributed by atoms with van der Waals surface area (Å²) in [4.78, 5) is 16.0. The Kier molecular flexibility index (Phi) is 6.20. The van der Waals surface area contributed by atoms with Gasteiger partial charge in [0.25, 0.3) is 0 Å². The number of hydrazine groups is 1. The minimum atomic E-state index is 0.397. The smallest absolute Gasteiger partial charge is 0.225 e. The predicted octanol–water partition coefficient (Wildman–Crippen LogP) is 3.36. The first-order valence-electron chi connectivity index (χ1n) is 9.93. The summed E-state index contributed by atoms with van der Waals surface area (Å²) in [6.07, 6.45) is 6.89. The molecule has 0 amide bonds. The Hall–Kier alpha value is -3.04. The Morgan fingerprint density at radius 1 is 1.30 bits per heavy atom. The fraction of sp³-hybridized carbons (Fsp3) is 0.333. The lowest BCUT2D eigenvalue weighted by molar-refractivity contribution is 0.302. The molecule has 1 unspecified atom stereocenters. The van der Waals surface area contributed by atoms with Gasteiger partial charge in [-0.3, -0.25) is 10.4 Å². The molecular weight excluding hydrogens is 398 g/mol. The van der Waals surface area contributed by atoms with Gasteiger partial charge in [0.2, 0.25) is 5.95 Å². The van der Waals surface area contributed by atoms with E-state index in [9.17, 15) is 0 Å². The van der Waals surface area contributed by atoms with Crippen molar-refractivity contribution in [1.82, 2.24) is 15.0 Å². The van der Waals surface area contributed by atoms with Crippen LogP contribution in [0.3, 0.4) is 0 Å². The number of rotatable bonds is 8. The minimum Gasteiger partial charge on any atom is -0.487 e. The maximum Gasteiger partial charge on any atom is 0.225 e. The molecule has 0 spiro atoms. The number of ether oxygens (including phenoxy) is 1. The first-order valence-corrected chi connectivity index (χ1v) is 10.8. The molecule has 1 aliphatic rings. The summed E-state index contributed by atoms with van der Waals surface area (Å²) < 4.78 is 5.85. The summed E-state index contributed by atoms with van der Waals surface area (Å²) in [6.45, 7) is 4.37. The van der Waals surface area contributed by atoms with Crippen LogP contribution in [0.1, 0.15) is 35.5 Å². The van der Waals surface area contributed by atoms with E-state index in [0.29, 0.717) is 12.5 Å². The molecule has 0 bridgehead atoms. The summed E-state index contributed by atoms with van der Waals surface area (Å²) in [6, 6.07) is 7.30. The van der Waals surface area contributed by atoms with Crippen LogP contribution in [-0.2, 0) is 13.0 Å². The van der Waals surface area contributed by atoms with Gasteiger partial charge < -0.3 is 9.64 Å². The SMILES string of the molecule is CCc1cnc(N2CCC(c3nc(COc4ccc(N(N)C=N)cc4)cs3)C2)nc1. The van der Waals surface area contributed by atoms with Crippen LogP contribution in [-0.4, -0.2) is 34.4 Å². The van der Waals surface area contributed by atoms with Gasteiger partial charge in [0.1, 0.15) is 18.7 Å². The second-order valence-corrected chi connectivity index (χ2v) is 8.06. The summed E-state index contributed by atoms with van der Waals surface area (Å²) in [5.41, 5.74) is 2.82. The lowest BCUT2D eigenvalue weighted by Gasteiger charge is -2.15. The number of hydrogen-bond donors (Lipinski definition) is 2. The highest BCUT2D eigenvalue weighted by Crippen LogP contribution is 2.31. The van der Waals surface area contributed by atoms with Gasteiger partial charge in [-0.15, -0.1) is 11.3 Å². The molecule has 156 valence electrons. The third kappa shape index (κ3) is 4.58. The molecule has 1 fully saturated rings. The number of nitrogens with two attached hydrogens (primary N) is 1. The van der Waals surface area contributed by atoms with Crippen LogP contribution in [0.5, 0.6) is 5.75 Å². The van der Waals surface area contributed by atoms with Crippen LogP contribution < -0.4 is 20.5 Å². The van der Waals surface area contributed by atoms with Gasteiger partial charge >= 0.3 is 0 Å². The molecule has 8 nitrogen and oxygen atoms in total. The Bertz CT molecular complexity index is 974. The van der Waals surface area contributed by atoms with E-state index >= 15 is 0 Å². The second-order valence-electron chi connectivity index (χ2n) is 7.17. The number of nitrogens with one attached hydrogen (secondary N) is 1. The van der Waals surface area contributed by atoms with Crippen molar-refractivity contribution in [2.75, 3.05) is 23.0 Å². The van der Waals surface area contributed by atoms with Crippen molar-refractivity contribution in [1.29, 1.82) is 5.41 Å². The molecule has 9 heteroatoms. The molecule has 3 N–H and O–H groups in total. The van der Waals surface area contributed by atoms with Crippen molar-refractivity contribution < 1.29 is 4.74 Å². The Balaban J connectivity index is 1.32. The van der Waals surface area contributed by atoms with Crippen LogP contribution in [0.15, 0.2) is 42.0 Å². The number of nitrogens with zero attached hydrogens (tertiary/aromatic N) is 5. The third-order valence-corrected chi connectivity index (χ3v) is 6.21. The fourth-order valence-electron chi connectivity index (χ4n) is 3.36. The molecule has 4 rings (SSSR count). The van der Waals surface area contributed by atoms with Crippen molar-refractivity contribution in [3.63, 3.8) is 0 Å². The van der Waals surface area contributed by atoms with E-state index in [4.69, 9.17) is 21.0 Å². The number of benzene rings is 1. The van der Waals surface area contributed by atoms with E-state index < -0.39 is 0 Å². The lowest BCUT2D eigenvalue weighted by Crippen LogP contribution is -2.28. The first kappa shape index (κ1) is 20.2. The highest BCUT2D eigenvalue weighted by molar-refractivity contribution is 7.09. The Morgan fingerprint density at radius 3 is 2.77 bits per heavy atom. The lowest BCUT2D eigenvalue weighted by atomic mass is 10.1. The molecule has 0 radical (unpaired) electrons. The quantitative estimate of drug-likeness (QED) is 0.248. The molecule has 30 heavy (non-hydrogen) atoms. The highest BCUT2D eigenvalue weighted by atomic mass is 32.1. The molecule has 1 aliphatic heterocycles. The van der Waals surface area contributed by atoms with Crippen LogP contribution >= 0.6 is 11.3 Å². The molecule has 0 saturated carbocycles. The second kappa shape index (κ2) is 9.19. The summed E-state index contributed by atoms with van der Waals surface area (Å²) in [5, 5.41) is 11.6. The van der Waals surface area contributed by atoms with Gasteiger partial charge in [0.15, 0.2) is 0 Å². The standard InChI is InChI=1S/C21H25N7OS/c1-2-15-9-24-21(25-10-15)27-8-7-16(11-27)20-26-17(13-30-20)12-29-19-5-3-18(4-6-19)28(23)14-22/h3-6,9-10,13-14,16,22H,2,7-8,11-12,23H2,1H3. The van der Waals surface area contributed by atoms with E-state index in [2.05, 4.69) is 27.2 Å². The topological polar surface area (TPSA) is 104 Å². The fourth-order valence-corrected chi connectivity index (χ4v) is 4.29. The third-order valence-electron chi connectivity index (χ3n) is 5.15. The molecular formula is C21H25N7OS. The molecule has 0 aliphatic carbocycles. The maximum atomic E-state index is 7.17. The predicted molar refractivity (Wildman–Crippen MR) is 119 cm³/mol.